The Bertz CT molecular complexity index is 202. The van der Waals surface area contributed by atoms with E-state index in [2.05, 4.69) is 4.98 Å². The van der Waals surface area contributed by atoms with Crippen molar-refractivity contribution in [1.29, 1.82) is 0 Å². The number of halogens is 1. The maximum Gasteiger partial charge on any atom is 0.292 e. The van der Waals surface area contributed by atoms with Gasteiger partial charge in [-0.25, -0.2) is 0 Å². The highest BCUT2D eigenvalue weighted by atomic mass is 35.5. The summed E-state index contributed by atoms with van der Waals surface area (Å²) >= 11 is 0. The van der Waals surface area contributed by atoms with Crippen molar-refractivity contribution in [2.75, 3.05) is 19.5 Å². The maximum atomic E-state index is 5.23. The van der Waals surface area contributed by atoms with Gasteiger partial charge < -0.3 is 14.9 Å². The van der Waals surface area contributed by atoms with Crippen LogP contribution in [0.2, 0.25) is 0 Å². The number of hydrogen-bond acceptors (Lipinski definition) is 4. The lowest BCUT2D eigenvalue weighted by Crippen LogP contribution is -1.94. The van der Waals surface area contributed by atoms with Gasteiger partial charge in [-0.2, -0.15) is 4.98 Å². The van der Waals surface area contributed by atoms with E-state index >= 15 is 0 Å². The molecular formula is C6H11ClN2O2. The van der Waals surface area contributed by atoms with Crippen LogP contribution in [-0.2, 0) is 11.2 Å². The first-order chi connectivity index (χ1) is 4.83. The standard InChI is InChI=1S/C6H10N2O2.ClH/c1-9-3-2-5-4-10-6(7)8-5;/h4H,2-3H2,1H3,(H2,7,8);1H. The van der Waals surface area contributed by atoms with Crippen LogP contribution in [0.15, 0.2) is 10.7 Å². The van der Waals surface area contributed by atoms with Crippen LogP contribution < -0.4 is 5.73 Å². The second-order valence-corrected chi connectivity index (χ2v) is 1.92. The summed E-state index contributed by atoms with van der Waals surface area (Å²) in [7, 11) is 1.64. The summed E-state index contributed by atoms with van der Waals surface area (Å²) in [4.78, 5) is 3.88. The van der Waals surface area contributed by atoms with Crippen molar-refractivity contribution in [3.63, 3.8) is 0 Å². The SMILES string of the molecule is COCCc1coc(N)n1.Cl. The van der Waals surface area contributed by atoms with E-state index in [9.17, 15) is 0 Å². The molecule has 2 N–H and O–H groups in total. The largest absolute Gasteiger partial charge is 0.432 e. The summed E-state index contributed by atoms with van der Waals surface area (Å²) < 4.78 is 9.61. The van der Waals surface area contributed by atoms with E-state index in [4.69, 9.17) is 14.9 Å². The Balaban J connectivity index is 0.000001000. The molecule has 0 radical (unpaired) electrons. The highest BCUT2D eigenvalue weighted by Gasteiger charge is 1.97. The molecule has 4 nitrogen and oxygen atoms in total. The molecule has 0 spiro atoms. The van der Waals surface area contributed by atoms with Gasteiger partial charge in [-0.1, -0.05) is 0 Å². The molecule has 0 aliphatic carbocycles. The summed E-state index contributed by atoms with van der Waals surface area (Å²) in [5.41, 5.74) is 6.06. The molecule has 0 fully saturated rings. The predicted molar refractivity (Wildman–Crippen MR) is 43.7 cm³/mol. The number of methoxy groups -OCH3 is 1. The van der Waals surface area contributed by atoms with Crippen molar-refractivity contribution in [3.8, 4) is 0 Å². The second-order valence-electron chi connectivity index (χ2n) is 1.92. The number of ether oxygens (including phenoxy) is 1. The first kappa shape index (κ1) is 10.3. The van der Waals surface area contributed by atoms with E-state index in [1.807, 2.05) is 0 Å². The number of nitrogens with zero attached hydrogens (tertiary/aromatic N) is 1. The molecule has 64 valence electrons. The van der Waals surface area contributed by atoms with E-state index in [1.54, 1.807) is 7.11 Å². The first-order valence-electron chi connectivity index (χ1n) is 3.01. The van der Waals surface area contributed by atoms with Crippen molar-refractivity contribution >= 4 is 18.4 Å². The lowest BCUT2D eigenvalue weighted by molar-refractivity contribution is 0.201. The Morgan fingerprint density at radius 1 is 1.73 bits per heavy atom. The lowest BCUT2D eigenvalue weighted by Gasteiger charge is -1.90. The van der Waals surface area contributed by atoms with Crippen LogP contribution in [0.4, 0.5) is 6.01 Å². The average molecular weight is 179 g/mol. The number of hydrogen-bond donors (Lipinski definition) is 1. The normalized spacial score (nSPS) is 9.18. The van der Waals surface area contributed by atoms with Gasteiger partial charge in [-0.15, -0.1) is 12.4 Å². The van der Waals surface area contributed by atoms with E-state index in [0.717, 1.165) is 12.1 Å². The molecule has 0 aliphatic heterocycles. The molecule has 5 heteroatoms. The van der Waals surface area contributed by atoms with Crippen LogP contribution in [0.3, 0.4) is 0 Å². The summed E-state index contributed by atoms with van der Waals surface area (Å²) in [6.07, 6.45) is 2.28. The lowest BCUT2D eigenvalue weighted by atomic mass is 10.4. The Kier molecular flexibility index (Phi) is 4.65. The van der Waals surface area contributed by atoms with Gasteiger partial charge >= 0.3 is 0 Å². The highest BCUT2D eigenvalue weighted by molar-refractivity contribution is 5.85. The molecule has 0 amide bonds. The molecule has 0 atom stereocenters. The number of nitrogen functional groups attached to an aromatic ring is 1. The Labute approximate surface area is 71.1 Å². The number of anilines is 1. The van der Waals surface area contributed by atoms with E-state index < -0.39 is 0 Å². The van der Waals surface area contributed by atoms with Crippen LogP contribution in [0.1, 0.15) is 5.69 Å². The van der Waals surface area contributed by atoms with Crippen molar-refractivity contribution in [3.05, 3.63) is 12.0 Å². The number of nitrogens with two attached hydrogens (primary N) is 1. The average Bonchev–Trinajstić information content (AvgIpc) is 2.31. The van der Waals surface area contributed by atoms with E-state index in [-0.39, 0.29) is 18.4 Å². The van der Waals surface area contributed by atoms with Gasteiger partial charge in [0.25, 0.3) is 6.01 Å². The Morgan fingerprint density at radius 3 is 2.91 bits per heavy atom. The third-order valence-electron chi connectivity index (χ3n) is 1.13. The van der Waals surface area contributed by atoms with Gasteiger partial charge in [0.05, 0.1) is 12.3 Å². The third-order valence-corrected chi connectivity index (χ3v) is 1.13. The molecule has 0 unspecified atom stereocenters. The Hall–Kier alpha value is -0.740. The van der Waals surface area contributed by atoms with Crippen molar-refractivity contribution in [2.24, 2.45) is 0 Å². The Morgan fingerprint density at radius 2 is 2.45 bits per heavy atom. The molecule has 1 aromatic rings. The zero-order chi connectivity index (χ0) is 7.40. The van der Waals surface area contributed by atoms with E-state index in [0.29, 0.717) is 6.61 Å². The van der Waals surface area contributed by atoms with Crippen molar-refractivity contribution < 1.29 is 9.15 Å². The summed E-state index contributed by atoms with van der Waals surface area (Å²) in [5, 5.41) is 0. The zero-order valence-electron chi connectivity index (χ0n) is 6.24. The number of rotatable bonds is 3. The van der Waals surface area contributed by atoms with Crippen LogP contribution in [-0.4, -0.2) is 18.7 Å². The van der Waals surface area contributed by atoms with Gasteiger partial charge in [0.15, 0.2) is 0 Å². The highest BCUT2D eigenvalue weighted by Crippen LogP contribution is 2.02. The number of aromatic nitrogens is 1. The summed E-state index contributed by atoms with van der Waals surface area (Å²) in [5.74, 6) is 0. The molecule has 1 aromatic heterocycles. The number of oxazole rings is 1. The molecule has 0 bridgehead atoms. The molecule has 0 aliphatic rings. The van der Waals surface area contributed by atoms with Gasteiger partial charge in [-0.3, -0.25) is 0 Å². The fourth-order valence-corrected chi connectivity index (χ4v) is 0.644. The summed E-state index contributed by atoms with van der Waals surface area (Å²) in [6, 6.07) is 0.214. The molecule has 0 saturated carbocycles. The monoisotopic (exact) mass is 178 g/mol. The van der Waals surface area contributed by atoms with Gasteiger partial charge in [0.1, 0.15) is 6.26 Å². The zero-order valence-corrected chi connectivity index (χ0v) is 7.06. The fraction of sp³-hybridized carbons (Fsp3) is 0.500. The predicted octanol–water partition coefficient (Wildman–Crippen LogP) is 0.867. The van der Waals surface area contributed by atoms with Gasteiger partial charge in [0, 0.05) is 13.5 Å². The molecular weight excluding hydrogens is 168 g/mol. The first-order valence-corrected chi connectivity index (χ1v) is 3.01. The summed E-state index contributed by atoms with van der Waals surface area (Å²) in [6.45, 7) is 0.645. The minimum absolute atomic E-state index is 0. The molecule has 1 heterocycles. The van der Waals surface area contributed by atoms with Gasteiger partial charge in [-0.05, 0) is 0 Å². The van der Waals surface area contributed by atoms with Crippen LogP contribution in [0.5, 0.6) is 0 Å². The van der Waals surface area contributed by atoms with Crippen LogP contribution >= 0.6 is 12.4 Å². The molecule has 11 heavy (non-hydrogen) atoms. The smallest absolute Gasteiger partial charge is 0.292 e. The third kappa shape index (κ3) is 3.25. The molecule has 0 aromatic carbocycles. The molecule has 0 saturated heterocycles. The van der Waals surface area contributed by atoms with Crippen LogP contribution in [0, 0.1) is 0 Å². The minimum Gasteiger partial charge on any atom is -0.432 e. The fourth-order valence-electron chi connectivity index (χ4n) is 0.644. The quantitative estimate of drug-likeness (QED) is 0.746. The van der Waals surface area contributed by atoms with Crippen molar-refractivity contribution in [2.45, 2.75) is 6.42 Å². The second kappa shape index (κ2) is 4.98. The minimum atomic E-state index is 0. The van der Waals surface area contributed by atoms with E-state index in [1.165, 1.54) is 6.26 Å². The molecule has 1 rings (SSSR count). The van der Waals surface area contributed by atoms with Crippen LogP contribution in [0.25, 0.3) is 0 Å². The van der Waals surface area contributed by atoms with Gasteiger partial charge in [0.2, 0.25) is 0 Å². The van der Waals surface area contributed by atoms with Crippen molar-refractivity contribution in [1.82, 2.24) is 4.98 Å². The topological polar surface area (TPSA) is 61.3 Å². The maximum absolute atomic E-state index is 5.23.